The normalized spacial score (nSPS) is 15.0. The molecule has 1 aliphatic heterocycles. The van der Waals surface area contributed by atoms with Crippen LogP contribution in [0, 0.1) is 0 Å². The molecule has 0 saturated carbocycles. The average molecular weight is 258 g/mol. The SMILES string of the molecule is c1ccc(Sc2ccnc(N3CCCC3)n2)nc1. The van der Waals surface area contributed by atoms with Crippen LogP contribution < -0.4 is 4.90 Å². The summed E-state index contributed by atoms with van der Waals surface area (Å²) in [7, 11) is 0. The van der Waals surface area contributed by atoms with Crippen LogP contribution in [0.4, 0.5) is 5.95 Å². The van der Waals surface area contributed by atoms with Crippen molar-refractivity contribution in [2.75, 3.05) is 18.0 Å². The van der Waals surface area contributed by atoms with Crippen molar-refractivity contribution in [3.8, 4) is 0 Å². The highest BCUT2D eigenvalue weighted by atomic mass is 32.2. The van der Waals surface area contributed by atoms with Crippen LogP contribution in [0.1, 0.15) is 12.8 Å². The van der Waals surface area contributed by atoms with E-state index in [0.29, 0.717) is 0 Å². The van der Waals surface area contributed by atoms with E-state index in [1.165, 1.54) is 12.8 Å². The van der Waals surface area contributed by atoms with Gasteiger partial charge in [-0.2, -0.15) is 0 Å². The Morgan fingerprint density at radius 3 is 2.61 bits per heavy atom. The summed E-state index contributed by atoms with van der Waals surface area (Å²) in [6.07, 6.45) is 6.10. The molecule has 0 aliphatic carbocycles. The van der Waals surface area contributed by atoms with Gasteiger partial charge in [-0.15, -0.1) is 0 Å². The molecule has 0 bridgehead atoms. The molecule has 0 unspecified atom stereocenters. The van der Waals surface area contributed by atoms with Gasteiger partial charge in [-0.05, 0) is 42.8 Å². The smallest absolute Gasteiger partial charge is 0.226 e. The van der Waals surface area contributed by atoms with Crippen molar-refractivity contribution in [3.63, 3.8) is 0 Å². The Morgan fingerprint density at radius 2 is 1.83 bits per heavy atom. The van der Waals surface area contributed by atoms with E-state index in [2.05, 4.69) is 19.9 Å². The third-order valence-corrected chi connectivity index (χ3v) is 3.74. The van der Waals surface area contributed by atoms with Gasteiger partial charge in [-0.1, -0.05) is 6.07 Å². The first-order valence-corrected chi connectivity index (χ1v) is 6.90. The van der Waals surface area contributed by atoms with Crippen LogP contribution >= 0.6 is 11.8 Å². The molecular weight excluding hydrogens is 244 g/mol. The van der Waals surface area contributed by atoms with Gasteiger partial charge in [0.1, 0.15) is 10.1 Å². The zero-order valence-electron chi connectivity index (χ0n) is 9.99. The van der Waals surface area contributed by atoms with Gasteiger partial charge in [0.05, 0.1) is 0 Å². The lowest BCUT2D eigenvalue weighted by molar-refractivity contribution is 0.873. The summed E-state index contributed by atoms with van der Waals surface area (Å²) in [6, 6.07) is 7.82. The summed E-state index contributed by atoms with van der Waals surface area (Å²) in [5.74, 6) is 0.841. The minimum atomic E-state index is 0.841. The van der Waals surface area contributed by atoms with E-state index >= 15 is 0 Å². The molecule has 0 spiro atoms. The average Bonchev–Trinajstić information content (AvgIpc) is 2.94. The number of aromatic nitrogens is 3. The number of anilines is 1. The van der Waals surface area contributed by atoms with Crippen molar-refractivity contribution in [3.05, 3.63) is 36.7 Å². The molecule has 92 valence electrons. The summed E-state index contributed by atoms with van der Waals surface area (Å²) >= 11 is 1.57. The number of nitrogens with zero attached hydrogens (tertiary/aromatic N) is 4. The van der Waals surface area contributed by atoms with Gasteiger partial charge in [0.15, 0.2) is 0 Å². The van der Waals surface area contributed by atoms with Gasteiger partial charge >= 0.3 is 0 Å². The fourth-order valence-corrected chi connectivity index (χ4v) is 2.70. The first-order chi connectivity index (χ1) is 8.92. The Bertz CT molecular complexity index is 511. The fraction of sp³-hybridized carbons (Fsp3) is 0.308. The van der Waals surface area contributed by atoms with Crippen LogP contribution in [-0.2, 0) is 0 Å². The minimum absolute atomic E-state index is 0.841. The molecule has 5 heteroatoms. The highest BCUT2D eigenvalue weighted by molar-refractivity contribution is 7.99. The summed E-state index contributed by atoms with van der Waals surface area (Å²) in [5, 5.41) is 1.91. The lowest BCUT2D eigenvalue weighted by atomic mass is 10.4. The lowest BCUT2D eigenvalue weighted by Crippen LogP contribution is -2.20. The van der Waals surface area contributed by atoms with E-state index in [0.717, 1.165) is 29.1 Å². The van der Waals surface area contributed by atoms with E-state index < -0.39 is 0 Å². The van der Waals surface area contributed by atoms with Gasteiger partial charge in [0.2, 0.25) is 5.95 Å². The molecule has 2 aromatic heterocycles. The third kappa shape index (κ3) is 2.61. The van der Waals surface area contributed by atoms with Gasteiger partial charge < -0.3 is 4.90 Å². The molecular formula is C13H14N4S. The predicted octanol–water partition coefficient (Wildman–Crippen LogP) is 2.62. The Morgan fingerprint density at radius 1 is 0.944 bits per heavy atom. The number of hydrogen-bond donors (Lipinski definition) is 0. The Labute approximate surface area is 110 Å². The zero-order valence-corrected chi connectivity index (χ0v) is 10.8. The van der Waals surface area contributed by atoms with E-state index in [-0.39, 0.29) is 0 Å². The Hall–Kier alpha value is -1.62. The van der Waals surface area contributed by atoms with Crippen molar-refractivity contribution in [1.82, 2.24) is 15.0 Å². The highest BCUT2D eigenvalue weighted by Crippen LogP contribution is 2.25. The Kier molecular flexibility index (Phi) is 3.41. The minimum Gasteiger partial charge on any atom is -0.341 e. The molecule has 0 amide bonds. The van der Waals surface area contributed by atoms with Crippen LogP contribution in [0.3, 0.4) is 0 Å². The van der Waals surface area contributed by atoms with E-state index in [9.17, 15) is 0 Å². The molecule has 1 aliphatic rings. The topological polar surface area (TPSA) is 41.9 Å². The Balaban J connectivity index is 1.78. The molecule has 4 nitrogen and oxygen atoms in total. The number of pyridine rings is 1. The van der Waals surface area contributed by atoms with E-state index in [1.54, 1.807) is 18.0 Å². The van der Waals surface area contributed by atoms with Gasteiger partial charge in [0, 0.05) is 25.5 Å². The quantitative estimate of drug-likeness (QED) is 0.792. The first kappa shape index (κ1) is 11.5. The van der Waals surface area contributed by atoms with Gasteiger partial charge in [0.25, 0.3) is 0 Å². The van der Waals surface area contributed by atoms with Crippen LogP contribution in [0.5, 0.6) is 0 Å². The molecule has 1 fully saturated rings. The molecule has 3 rings (SSSR count). The summed E-state index contributed by atoms with van der Waals surface area (Å²) in [5.41, 5.74) is 0. The number of rotatable bonds is 3. The van der Waals surface area contributed by atoms with Crippen LogP contribution in [-0.4, -0.2) is 28.0 Å². The van der Waals surface area contributed by atoms with Crippen molar-refractivity contribution in [2.24, 2.45) is 0 Å². The largest absolute Gasteiger partial charge is 0.341 e. The highest BCUT2D eigenvalue weighted by Gasteiger charge is 2.15. The molecule has 18 heavy (non-hydrogen) atoms. The van der Waals surface area contributed by atoms with Gasteiger partial charge in [-0.3, -0.25) is 0 Å². The van der Waals surface area contributed by atoms with E-state index in [1.807, 2.05) is 30.5 Å². The second-order valence-corrected chi connectivity index (χ2v) is 5.20. The molecule has 0 radical (unpaired) electrons. The molecule has 0 atom stereocenters. The van der Waals surface area contributed by atoms with Crippen LogP contribution in [0.2, 0.25) is 0 Å². The molecule has 0 N–H and O–H groups in total. The second kappa shape index (κ2) is 5.35. The maximum atomic E-state index is 4.59. The fourth-order valence-electron chi connectivity index (χ4n) is 1.97. The molecule has 3 heterocycles. The van der Waals surface area contributed by atoms with Crippen molar-refractivity contribution < 1.29 is 0 Å². The standard InChI is InChI=1S/C13H14N4S/c1-2-7-14-11(5-1)18-12-6-8-15-13(16-12)17-9-3-4-10-17/h1-2,5-8H,3-4,9-10H2. The first-order valence-electron chi connectivity index (χ1n) is 6.09. The molecule has 1 saturated heterocycles. The zero-order chi connectivity index (χ0) is 12.2. The van der Waals surface area contributed by atoms with Crippen molar-refractivity contribution in [2.45, 2.75) is 22.9 Å². The summed E-state index contributed by atoms with van der Waals surface area (Å²) < 4.78 is 0. The monoisotopic (exact) mass is 258 g/mol. The third-order valence-electron chi connectivity index (χ3n) is 2.85. The molecule has 0 aromatic carbocycles. The van der Waals surface area contributed by atoms with Crippen LogP contribution in [0.15, 0.2) is 46.7 Å². The van der Waals surface area contributed by atoms with Gasteiger partial charge in [-0.25, -0.2) is 15.0 Å². The predicted molar refractivity (Wildman–Crippen MR) is 71.8 cm³/mol. The second-order valence-electron chi connectivity index (χ2n) is 4.16. The van der Waals surface area contributed by atoms with Crippen LogP contribution in [0.25, 0.3) is 0 Å². The molecule has 2 aromatic rings. The maximum Gasteiger partial charge on any atom is 0.226 e. The van der Waals surface area contributed by atoms with E-state index in [4.69, 9.17) is 0 Å². The summed E-state index contributed by atoms with van der Waals surface area (Å²) in [4.78, 5) is 15.5. The summed E-state index contributed by atoms with van der Waals surface area (Å²) in [6.45, 7) is 2.13. The van der Waals surface area contributed by atoms with Crippen molar-refractivity contribution in [1.29, 1.82) is 0 Å². The maximum absolute atomic E-state index is 4.59. The lowest BCUT2D eigenvalue weighted by Gasteiger charge is -2.14. The number of hydrogen-bond acceptors (Lipinski definition) is 5. The van der Waals surface area contributed by atoms with Crippen molar-refractivity contribution >= 4 is 17.7 Å².